The first kappa shape index (κ1) is 12.3. The third kappa shape index (κ3) is 3.65. The average Bonchev–Trinajstić information content (AvgIpc) is 2.89. The van der Waals surface area contributed by atoms with Crippen molar-refractivity contribution in [3.8, 4) is 0 Å². The van der Waals surface area contributed by atoms with Crippen LogP contribution in [-0.2, 0) is 5.75 Å². The van der Waals surface area contributed by atoms with E-state index >= 15 is 0 Å². The molecule has 2 rings (SSSR count). The number of thioether (sulfide) groups is 1. The van der Waals surface area contributed by atoms with E-state index in [0.29, 0.717) is 12.5 Å². The number of hydrogen-bond acceptors (Lipinski definition) is 3. The van der Waals surface area contributed by atoms with Crippen molar-refractivity contribution >= 4 is 11.8 Å². The molecule has 1 aromatic heterocycles. The van der Waals surface area contributed by atoms with E-state index in [-0.39, 0.29) is 0 Å². The van der Waals surface area contributed by atoms with Crippen LogP contribution in [0.3, 0.4) is 0 Å². The second-order valence-corrected chi connectivity index (χ2v) is 4.97. The molecule has 0 bridgehead atoms. The predicted octanol–water partition coefficient (Wildman–Crippen LogP) is 3.26. The fourth-order valence-corrected chi connectivity index (χ4v) is 2.82. The van der Waals surface area contributed by atoms with Crippen LogP contribution in [-0.4, -0.2) is 12.3 Å². The van der Waals surface area contributed by atoms with Gasteiger partial charge in [-0.05, 0) is 24.2 Å². The second-order valence-electron chi connectivity index (χ2n) is 3.94. The molecule has 2 N–H and O–H groups in total. The molecular formula is C14H17NOS. The van der Waals surface area contributed by atoms with Gasteiger partial charge in [0.1, 0.15) is 5.76 Å². The lowest BCUT2D eigenvalue weighted by atomic mass is 10.0. The monoisotopic (exact) mass is 247 g/mol. The molecule has 1 heterocycles. The van der Waals surface area contributed by atoms with Gasteiger partial charge in [0, 0.05) is 11.7 Å². The maximum Gasteiger partial charge on any atom is 0.113 e. The van der Waals surface area contributed by atoms with E-state index in [2.05, 4.69) is 24.3 Å². The minimum atomic E-state index is 0.427. The predicted molar refractivity (Wildman–Crippen MR) is 73.1 cm³/mol. The van der Waals surface area contributed by atoms with E-state index < -0.39 is 0 Å². The topological polar surface area (TPSA) is 39.2 Å². The number of furan rings is 1. The first-order valence-corrected chi connectivity index (χ1v) is 6.90. The van der Waals surface area contributed by atoms with Crippen molar-refractivity contribution < 1.29 is 4.42 Å². The summed E-state index contributed by atoms with van der Waals surface area (Å²) in [4.78, 5) is 0. The van der Waals surface area contributed by atoms with E-state index in [9.17, 15) is 0 Å². The fraction of sp³-hybridized carbons (Fsp3) is 0.286. The highest BCUT2D eigenvalue weighted by atomic mass is 32.2. The number of hydrogen-bond donors (Lipinski definition) is 1. The highest BCUT2D eigenvalue weighted by Gasteiger charge is 2.09. The van der Waals surface area contributed by atoms with Crippen LogP contribution < -0.4 is 5.73 Å². The van der Waals surface area contributed by atoms with Crippen molar-refractivity contribution in [3.63, 3.8) is 0 Å². The largest absolute Gasteiger partial charge is 0.468 e. The van der Waals surface area contributed by atoms with Crippen molar-refractivity contribution in [3.05, 3.63) is 60.1 Å². The summed E-state index contributed by atoms with van der Waals surface area (Å²) in [7, 11) is 0. The molecule has 0 aliphatic rings. The second kappa shape index (κ2) is 6.52. The molecule has 2 nitrogen and oxygen atoms in total. The molecule has 0 saturated carbocycles. The maximum atomic E-state index is 5.83. The normalized spacial score (nSPS) is 12.5. The zero-order valence-corrected chi connectivity index (χ0v) is 10.5. The van der Waals surface area contributed by atoms with Crippen molar-refractivity contribution in [2.75, 3.05) is 12.3 Å². The zero-order chi connectivity index (χ0) is 11.9. The minimum Gasteiger partial charge on any atom is -0.468 e. The van der Waals surface area contributed by atoms with E-state index in [0.717, 1.165) is 17.3 Å². The van der Waals surface area contributed by atoms with Gasteiger partial charge in [0.2, 0.25) is 0 Å². The lowest BCUT2D eigenvalue weighted by molar-refractivity contribution is 0.530. The van der Waals surface area contributed by atoms with Gasteiger partial charge in [0.05, 0.1) is 12.0 Å². The Hall–Kier alpha value is -1.19. The highest BCUT2D eigenvalue weighted by molar-refractivity contribution is 7.98. The lowest BCUT2D eigenvalue weighted by Gasteiger charge is -2.14. The summed E-state index contributed by atoms with van der Waals surface area (Å²) in [6, 6.07) is 14.4. The molecule has 0 fully saturated rings. The fourth-order valence-electron chi connectivity index (χ4n) is 1.72. The minimum absolute atomic E-state index is 0.427. The van der Waals surface area contributed by atoms with Gasteiger partial charge >= 0.3 is 0 Å². The summed E-state index contributed by atoms with van der Waals surface area (Å²) < 4.78 is 5.30. The van der Waals surface area contributed by atoms with Crippen LogP contribution in [0.2, 0.25) is 0 Å². The summed E-state index contributed by atoms with van der Waals surface area (Å²) in [6.45, 7) is 0.690. The summed E-state index contributed by atoms with van der Waals surface area (Å²) in [5.41, 5.74) is 7.15. The molecule has 1 aromatic carbocycles. The Morgan fingerprint density at radius 1 is 1.12 bits per heavy atom. The molecule has 0 saturated heterocycles. The van der Waals surface area contributed by atoms with Crippen molar-refractivity contribution in [2.45, 2.75) is 11.7 Å². The van der Waals surface area contributed by atoms with Gasteiger partial charge in [-0.25, -0.2) is 0 Å². The molecule has 0 spiro atoms. The lowest BCUT2D eigenvalue weighted by Crippen LogP contribution is -2.14. The Morgan fingerprint density at radius 2 is 1.94 bits per heavy atom. The van der Waals surface area contributed by atoms with Crippen LogP contribution in [0.1, 0.15) is 17.2 Å². The zero-order valence-electron chi connectivity index (χ0n) is 9.71. The summed E-state index contributed by atoms with van der Waals surface area (Å²) in [6.07, 6.45) is 1.72. The van der Waals surface area contributed by atoms with Crippen LogP contribution in [0.15, 0.2) is 53.1 Å². The van der Waals surface area contributed by atoms with E-state index in [1.807, 2.05) is 30.0 Å². The molecule has 17 heavy (non-hydrogen) atoms. The Kier molecular flexibility index (Phi) is 4.71. The third-order valence-corrected chi connectivity index (χ3v) is 3.83. The van der Waals surface area contributed by atoms with Crippen molar-refractivity contribution in [1.82, 2.24) is 0 Å². The molecule has 0 radical (unpaired) electrons. The number of nitrogens with two attached hydrogens (primary N) is 1. The first-order valence-electron chi connectivity index (χ1n) is 5.75. The Bertz CT molecular complexity index is 413. The number of benzene rings is 1. The van der Waals surface area contributed by atoms with Crippen LogP contribution in [0.5, 0.6) is 0 Å². The standard InChI is InChI=1S/C14H17NOS/c15-9-13(12-5-2-1-3-6-12)10-17-11-14-7-4-8-16-14/h1-8,13H,9-11,15H2. The molecule has 0 amide bonds. The van der Waals surface area contributed by atoms with Gasteiger partial charge in [-0.3, -0.25) is 0 Å². The Morgan fingerprint density at radius 3 is 2.59 bits per heavy atom. The first-order chi connectivity index (χ1) is 8.40. The third-order valence-electron chi connectivity index (χ3n) is 2.70. The van der Waals surface area contributed by atoms with Gasteiger partial charge in [-0.15, -0.1) is 0 Å². The van der Waals surface area contributed by atoms with E-state index in [1.165, 1.54) is 5.56 Å². The quantitative estimate of drug-likeness (QED) is 0.851. The molecular weight excluding hydrogens is 230 g/mol. The highest BCUT2D eigenvalue weighted by Crippen LogP contribution is 2.22. The molecule has 1 unspecified atom stereocenters. The van der Waals surface area contributed by atoms with Gasteiger partial charge in [-0.1, -0.05) is 30.3 Å². The van der Waals surface area contributed by atoms with E-state index in [1.54, 1.807) is 6.26 Å². The molecule has 3 heteroatoms. The number of rotatable bonds is 6. The van der Waals surface area contributed by atoms with Gasteiger partial charge in [0.15, 0.2) is 0 Å². The maximum absolute atomic E-state index is 5.83. The van der Waals surface area contributed by atoms with Gasteiger partial charge < -0.3 is 10.2 Å². The summed E-state index contributed by atoms with van der Waals surface area (Å²) in [5.74, 6) is 3.40. The van der Waals surface area contributed by atoms with Crippen LogP contribution in [0, 0.1) is 0 Å². The summed E-state index contributed by atoms with van der Waals surface area (Å²) >= 11 is 1.86. The van der Waals surface area contributed by atoms with Crippen LogP contribution in [0.4, 0.5) is 0 Å². The average molecular weight is 247 g/mol. The van der Waals surface area contributed by atoms with Crippen molar-refractivity contribution in [2.24, 2.45) is 5.73 Å². The smallest absolute Gasteiger partial charge is 0.113 e. The van der Waals surface area contributed by atoms with Crippen molar-refractivity contribution in [1.29, 1.82) is 0 Å². The molecule has 2 aromatic rings. The Balaban J connectivity index is 1.84. The molecule has 90 valence electrons. The molecule has 0 aliphatic carbocycles. The van der Waals surface area contributed by atoms with Crippen LogP contribution in [0.25, 0.3) is 0 Å². The van der Waals surface area contributed by atoms with Gasteiger partial charge in [-0.2, -0.15) is 11.8 Å². The molecule has 1 atom stereocenters. The molecule has 0 aliphatic heterocycles. The van der Waals surface area contributed by atoms with Crippen LogP contribution >= 0.6 is 11.8 Å². The SMILES string of the molecule is NCC(CSCc1ccco1)c1ccccc1. The summed E-state index contributed by atoms with van der Waals surface area (Å²) in [5, 5.41) is 0. The Labute approximate surface area is 106 Å². The van der Waals surface area contributed by atoms with Gasteiger partial charge in [0.25, 0.3) is 0 Å². The van der Waals surface area contributed by atoms with E-state index in [4.69, 9.17) is 10.2 Å².